The van der Waals surface area contributed by atoms with E-state index >= 15 is 0 Å². The molecule has 0 aromatic heterocycles. The van der Waals surface area contributed by atoms with Crippen LogP contribution in [0.1, 0.15) is 39.5 Å². The van der Waals surface area contributed by atoms with Crippen molar-refractivity contribution in [2.45, 2.75) is 45.6 Å². The molecule has 3 unspecified atom stereocenters. The second-order valence-electron chi connectivity index (χ2n) is 5.36. The van der Waals surface area contributed by atoms with E-state index in [2.05, 4.69) is 22.7 Å². The van der Waals surface area contributed by atoms with Crippen LogP contribution in [0.4, 0.5) is 0 Å². The van der Waals surface area contributed by atoms with Crippen molar-refractivity contribution < 1.29 is 4.74 Å². The maximum Gasteiger partial charge on any atom is 0.206 e. The van der Waals surface area contributed by atoms with Gasteiger partial charge in [0.2, 0.25) is 5.96 Å². The zero-order valence-corrected chi connectivity index (χ0v) is 11.9. The Balaban J connectivity index is 2.40. The fourth-order valence-electron chi connectivity index (χ4n) is 2.53. The fraction of sp³-hybridized carbons (Fsp3) is 0.923. The molecule has 0 saturated heterocycles. The lowest BCUT2D eigenvalue weighted by Gasteiger charge is -2.27. The number of rotatable bonds is 5. The van der Waals surface area contributed by atoms with Gasteiger partial charge in [-0.3, -0.25) is 10.4 Å². The third-order valence-corrected chi connectivity index (χ3v) is 3.71. The molecule has 0 spiro atoms. The molecule has 0 bridgehead atoms. The number of ether oxygens (including phenoxy) is 1. The van der Waals surface area contributed by atoms with Gasteiger partial charge in [-0.15, -0.1) is 0 Å². The summed E-state index contributed by atoms with van der Waals surface area (Å²) in [6.45, 7) is 5.86. The first-order valence-corrected chi connectivity index (χ1v) is 6.94. The van der Waals surface area contributed by atoms with Gasteiger partial charge in [0.15, 0.2) is 0 Å². The summed E-state index contributed by atoms with van der Waals surface area (Å²) in [6.07, 6.45) is 5.32. The molecule has 0 aromatic rings. The quantitative estimate of drug-likeness (QED) is 0.300. The number of hydrazine groups is 1. The van der Waals surface area contributed by atoms with Crippen molar-refractivity contribution in [2.75, 3.05) is 20.3 Å². The highest BCUT2D eigenvalue weighted by molar-refractivity contribution is 5.79. The summed E-state index contributed by atoms with van der Waals surface area (Å²) in [5, 5.41) is 3.21. The molecular weight excluding hydrogens is 228 g/mol. The van der Waals surface area contributed by atoms with Gasteiger partial charge in [0.05, 0.1) is 6.61 Å². The molecule has 0 heterocycles. The minimum absolute atomic E-state index is 0.202. The van der Waals surface area contributed by atoms with E-state index in [0.717, 1.165) is 12.5 Å². The van der Waals surface area contributed by atoms with Crippen LogP contribution in [0.2, 0.25) is 0 Å². The zero-order valence-electron chi connectivity index (χ0n) is 11.9. The average Bonchev–Trinajstić information content (AvgIpc) is 2.36. The first-order valence-electron chi connectivity index (χ1n) is 6.94. The summed E-state index contributed by atoms with van der Waals surface area (Å²) in [5.74, 6) is 7.62. The highest BCUT2D eigenvalue weighted by atomic mass is 16.5. The van der Waals surface area contributed by atoms with E-state index in [1.807, 2.05) is 6.92 Å². The van der Waals surface area contributed by atoms with Gasteiger partial charge in [0.1, 0.15) is 0 Å². The number of hydrogen-bond donors (Lipinski definition) is 3. The van der Waals surface area contributed by atoms with Crippen LogP contribution in [0.3, 0.4) is 0 Å². The third kappa shape index (κ3) is 5.23. The fourth-order valence-corrected chi connectivity index (χ4v) is 2.53. The standard InChI is InChI=1S/C13H28N4O/c1-10-6-4-5-7-12(10)8-15-13(17-14)16-11(2)9-18-3/h10-12H,4-9,14H2,1-3H3,(H2,15,16,17). The number of guanidine groups is 1. The largest absolute Gasteiger partial charge is 0.383 e. The molecule has 1 aliphatic rings. The van der Waals surface area contributed by atoms with E-state index in [-0.39, 0.29) is 6.04 Å². The van der Waals surface area contributed by atoms with Gasteiger partial charge in [-0.25, -0.2) is 5.84 Å². The first kappa shape index (κ1) is 15.2. The van der Waals surface area contributed by atoms with Crippen LogP contribution in [0.15, 0.2) is 4.99 Å². The van der Waals surface area contributed by atoms with E-state index < -0.39 is 0 Å². The number of aliphatic imine (C=N–C) groups is 1. The molecule has 18 heavy (non-hydrogen) atoms. The van der Waals surface area contributed by atoms with E-state index in [9.17, 15) is 0 Å². The van der Waals surface area contributed by atoms with Crippen LogP contribution >= 0.6 is 0 Å². The molecule has 3 atom stereocenters. The lowest BCUT2D eigenvalue weighted by Crippen LogP contribution is -2.47. The second kappa shape index (κ2) is 8.32. The Labute approximate surface area is 111 Å². The summed E-state index contributed by atoms with van der Waals surface area (Å²) >= 11 is 0. The molecule has 5 heteroatoms. The number of nitrogens with one attached hydrogen (secondary N) is 2. The van der Waals surface area contributed by atoms with Gasteiger partial charge in [0.25, 0.3) is 0 Å². The first-order chi connectivity index (χ1) is 8.67. The van der Waals surface area contributed by atoms with Gasteiger partial charge in [-0.2, -0.15) is 0 Å². The molecule has 106 valence electrons. The molecule has 0 aliphatic heterocycles. The molecule has 1 rings (SSSR count). The Morgan fingerprint density at radius 2 is 2.17 bits per heavy atom. The van der Waals surface area contributed by atoms with Crippen molar-refractivity contribution >= 4 is 5.96 Å². The summed E-state index contributed by atoms with van der Waals surface area (Å²) < 4.78 is 5.07. The molecule has 0 amide bonds. The van der Waals surface area contributed by atoms with E-state index in [1.165, 1.54) is 25.7 Å². The smallest absolute Gasteiger partial charge is 0.206 e. The van der Waals surface area contributed by atoms with Crippen molar-refractivity contribution in [3.63, 3.8) is 0 Å². The minimum Gasteiger partial charge on any atom is -0.383 e. The molecule has 1 aliphatic carbocycles. The number of nitrogens with zero attached hydrogens (tertiary/aromatic N) is 1. The average molecular weight is 256 g/mol. The van der Waals surface area contributed by atoms with Crippen molar-refractivity contribution in [3.8, 4) is 0 Å². The van der Waals surface area contributed by atoms with Crippen molar-refractivity contribution in [2.24, 2.45) is 22.7 Å². The minimum atomic E-state index is 0.202. The van der Waals surface area contributed by atoms with E-state index in [4.69, 9.17) is 10.6 Å². The van der Waals surface area contributed by atoms with Crippen LogP contribution in [-0.2, 0) is 4.74 Å². The summed E-state index contributed by atoms with van der Waals surface area (Å²) in [6, 6.07) is 0.202. The van der Waals surface area contributed by atoms with Crippen LogP contribution in [0.25, 0.3) is 0 Å². The number of hydrogen-bond acceptors (Lipinski definition) is 3. The van der Waals surface area contributed by atoms with Crippen LogP contribution in [0.5, 0.6) is 0 Å². The second-order valence-corrected chi connectivity index (χ2v) is 5.36. The summed E-state index contributed by atoms with van der Waals surface area (Å²) in [4.78, 5) is 4.55. The Hall–Kier alpha value is -0.810. The Morgan fingerprint density at radius 3 is 2.78 bits per heavy atom. The van der Waals surface area contributed by atoms with Crippen molar-refractivity contribution in [3.05, 3.63) is 0 Å². The Bertz CT molecular complexity index is 257. The predicted octanol–water partition coefficient (Wildman–Crippen LogP) is 1.26. The predicted molar refractivity (Wildman–Crippen MR) is 75.2 cm³/mol. The van der Waals surface area contributed by atoms with E-state index in [0.29, 0.717) is 18.5 Å². The lowest BCUT2D eigenvalue weighted by atomic mass is 9.80. The van der Waals surface area contributed by atoms with Gasteiger partial charge in [-0.1, -0.05) is 26.2 Å². The van der Waals surface area contributed by atoms with Gasteiger partial charge in [0, 0.05) is 19.7 Å². The molecule has 0 aromatic carbocycles. The molecular formula is C13H28N4O. The van der Waals surface area contributed by atoms with Crippen molar-refractivity contribution in [1.29, 1.82) is 0 Å². The normalized spacial score (nSPS) is 26.8. The monoisotopic (exact) mass is 256 g/mol. The molecule has 1 saturated carbocycles. The Morgan fingerprint density at radius 1 is 1.44 bits per heavy atom. The molecule has 0 radical (unpaired) electrons. The molecule has 1 fully saturated rings. The van der Waals surface area contributed by atoms with Gasteiger partial charge >= 0.3 is 0 Å². The van der Waals surface area contributed by atoms with Crippen LogP contribution < -0.4 is 16.6 Å². The molecule has 4 N–H and O–H groups in total. The van der Waals surface area contributed by atoms with Gasteiger partial charge in [-0.05, 0) is 25.2 Å². The van der Waals surface area contributed by atoms with Crippen LogP contribution in [-0.4, -0.2) is 32.3 Å². The van der Waals surface area contributed by atoms with Gasteiger partial charge < -0.3 is 10.1 Å². The SMILES string of the molecule is COCC(C)NC(=NCC1CCCCC1C)NN. The maximum absolute atomic E-state index is 5.48. The zero-order chi connectivity index (χ0) is 13.4. The van der Waals surface area contributed by atoms with Crippen molar-refractivity contribution in [1.82, 2.24) is 10.7 Å². The van der Waals surface area contributed by atoms with E-state index in [1.54, 1.807) is 7.11 Å². The third-order valence-electron chi connectivity index (χ3n) is 3.71. The number of methoxy groups -OCH3 is 1. The lowest BCUT2D eigenvalue weighted by molar-refractivity contribution is 0.179. The number of nitrogens with two attached hydrogens (primary N) is 1. The Kier molecular flexibility index (Phi) is 7.05. The maximum atomic E-state index is 5.48. The topological polar surface area (TPSA) is 71.7 Å². The molecule has 5 nitrogen and oxygen atoms in total. The summed E-state index contributed by atoms with van der Waals surface area (Å²) in [5.41, 5.74) is 2.63. The van der Waals surface area contributed by atoms with Crippen LogP contribution in [0, 0.1) is 11.8 Å². The summed E-state index contributed by atoms with van der Waals surface area (Å²) in [7, 11) is 1.69. The highest BCUT2D eigenvalue weighted by Gasteiger charge is 2.20. The highest BCUT2D eigenvalue weighted by Crippen LogP contribution is 2.29.